The predicted molar refractivity (Wildman–Crippen MR) is 97.8 cm³/mol. The molecule has 3 aromatic rings. The van der Waals surface area contributed by atoms with Crippen molar-refractivity contribution in [1.82, 2.24) is 19.9 Å². The van der Waals surface area contributed by atoms with Gasteiger partial charge in [0.15, 0.2) is 0 Å². The number of hydrogen-bond donors (Lipinski definition) is 3. The first-order chi connectivity index (χ1) is 12.3. The fraction of sp³-hybridized carbons (Fsp3) is 0.211. The van der Waals surface area contributed by atoms with Gasteiger partial charge >= 0.3 is 0 Å². The summed E-state index contributed by atoms with van der Waals surface area (Å²) in [5, 5.41) is 0.0219. The number of benzene rings is 1. The van der Waals surface area contributed by atoms with Crippen molar-refractivity contribution in [3.63, 3.8) is 0 Å². The smallest absolute Gasteiger partial charge is 0.272 e. The van der Waals surface area contributed by atoms with Crippen molar-refractivity contribution in [1.29, 1.82) is 0 Å². The summed E-state index contributed by atoms with van der Waals surface area (Å²) in [6.45, 7) is 6.07. The molecule has 6 nitrogen and oxygen atoms in total. The maximum absolute atomic E-state index is 12.4. The van der Waals surface area contributed by atoms with E-state index in [0.29, 0.717) is 11.3 Å². The second kappa shape index (κ2) is 6.39. The Balaban J connectivity index is 2.21. The van der Waals surface area contributed by atoms with Gasteiger partial charge in [-0.15, -0.1) is 0 Å². The molecule has 0 spiro atoms. The van der Waals surface area contributed by atoms with Gasteiger partial charge in [0.25, 0.3) is 11.1 Å². The standard InChI is InChI=1S/C19H20N4O2/c1-19(2,3)16-13(20-11-21-16)10-15-18(25)22-14(17(24)23-15)9-12-7-5-4-6-8-12/h4-11H,1-3H3,(H,20,21)(H,22,25)(H,23,24)/b14-9-,15-10-/i9D. The maximum atomic E-state index is 12.4. The Bertz CT molecular complexity index is 1160. The molecule has 1 aromatic carbocycles. The first-order valence-electron chi connectivity index (χ1n) is 8.42. The van der Waals surface area contributed by atoms with E-state index in [1.54, 1.807) is 30.6 Å². The first-order valence-corrected chi connectivity index (χ1v) is 7.92. The van der Waals surface area contributed by atoms with Gasteiger partial charge in [-0.05, 0) is 17.7 Å². The minimum Gasteiger partial charge on any atom is -0.348 e. The number of rotatable bonds is 2. The molecule has 0 fully saturated rings. The minimum atomic E-state index is -0.530. The van der Waals surface area contributed by atoms with Crippen molar-refractivity contribution < 1.29 is 1.37 Å². The normalized spacial score (nSPS) is 14.4. The van der Waals surface area contributed by atoms with E-state index < -0.39 is 11.1 Å². The van der Waals surface area contributed by atoms with E-state index in [-0.39, 0.29) is 22.2 Å². The summed E-state index contributed by atoms with van der Waals surface area (Å²) in [6.07, 6.45) is 3.09. The fourth-order valence-corrected chi connectivity index (χ4v) is 2.49. The number of nitrogens with zero attached hydrogens (tertiary/aromatic N) is 1. The molecule has 0 aliphatic carbocycles. The molecule has 0 bridgehead atoms. The zero-order valence-corrected chi connectivity index (χ0v) is 14.3. The lowest BCUT2D eigenvalue weighted by atomic mass is 9.90. The zero-order valence-electron chi connectivity index (χ0n) is 15.3. The Labute approximate surface area is 145 Å². The summed E-state index contributed by atoms with van der Waals surface area (Å²) in [7, 11) is 0. The summed E-state index contributed by atoms with van der Waals surface area (Å²) in [5.74, 6) is 0. The number of aromatic nitrogens is 4. The Morgan fingerprint density at radius 3 is 2.36 bits per heavy atom. The van der Waals surface area contributed by atoms with Crippen LogP contribution in [0.1, 0.15) is 39.1 Å². The van der Waals surface area contributed by atoms with Crippen LogP contribution < -0.4 is 21.8 Å². The third-order valence-electron chi connectivity index (χ3n) is 3.70. The van der Waals surface area contributed by atoms with Crippen molar-refractivity contribution >= 4 is 12.1 Å². The highest BCUT2D eigenvalue weighted by Gasteiger charge is 2.19. The Morgan fingerprint density at radius 1 is 1.04 bits per heavy atom. The number of aromatic amines is 3. The van der Waals surface area contributed by atoms with Gasteiger partial charge < -0.3 is 15.0 Å². The molecule has 0 saturated carbocycles. The van der Waals surface area contributed by atoms with Gasteiger partial charge in [0.1, 0.15) is 10.7 Å². The number of H-pyrrole nitrogens is 3. The zero-order chi connectivity index (χ0) is 18.9. The largest absolute Gasteiger partial charge is 0.348 e. The first kappa shape index (κ1) is 15.4. The van der Waals surface area contributed by atoms with Crippen LogP contribution in [0, 0.1) is 0 Å². The molecule has 0 aliphatic rings. The van der Waals surface area contributed by atoms with E-state index in [0.717, 1.165) is 5.69 Å². The summed E-state index contributed by atoms with van der Waals surface area (Å²) < 4.78 is 8.17. The SMILES string of the molecule is [2H]/C(c1ccccc1)=c1/[nH]c(=O)/c(=C/c2nc[nH]c2C(C)(C)C)[nH]c1=O. The lowest BCUT2D eigenvalue weighted by molar-refractivity contribution is 0.571. The van der Waals surface area contributed by atoms with Crippen molar-refractivity contribution in [2.24, 2.45) is 0 Å². The average Bonchev–Trinajstić information content (AvgIpc) is 3.06. The highest BCUT2D eigenvalue weighted by atomic mass is 16.1. The topological polar surface area (TPSA) is 94.4 Å². The van der Waals surface area contributed by atoms with E-state index >= 15 is 0 Å². The third kappa shape index (κ3) is 3.68. The van der Waals surface area contributed by atoms with E-state index in [9.17, 15) is 9.59 Å². The molecule has 0 aliphatic heterocycles. The molecule has 0 saturated heterocycles. The quantitative estimate of drug-likeness (QED) is 0.644. The van der Waals surface area contributed by atoms with Crippen molar-refractivity contribution in [3.8, 4) is 0 Å². The van der Waals surface area contributed by atoms with Crippen molar-refractivity contribution in [2.45, 2.75) is 26.2 Å². The van der Waals surface area contributed by atoms with Crippen LogP contribution in [0.2, 0.25) is 0 Å². The van der Waals surface area contributed by atoms with Gasteiger partial charge in [0.05, 0.1) is 13.4 Å². The second-order valence-electron chi connectivity index (χ2n) is 6.75. The van der Waals surface area contributed by atoms with Gasteiger partial charge in [-0.3, -0.25) is 9.59 Å². The average molecular weight is 337 g/mol. The molecule has 3 N–H and O–H groups in total. The van der Waals surface area contributed by atoms with Crippen LogP contribution >= 0.6 is 0 Å². The van der Waals surface area contributed by atoms with Gasteiger partial charge in [-0.2, -0.15) is 0 Å². The third-order valence-corrected chi connectivity index (χ3v) is 3.70. The molecule has 128 valence electrons. The maximum Gasteiger partial charge on any atom is 0.272 e. The second-order valence-corrected chi connectivity index (χ2v) is 6.75. The summed E-state index contributed by atoms with van der Waals surface area (Å²) in [4.78, 5) is 37.2. The minimum absolute atomic E-state index is 0.0364. The van der Waals surface area contributed by atoms with Gasteiger partial charge in [-0.1, -0.05) is 51.1 Å². The van der Waals surface area contributed by atoms with Gasteiger partial charge in [0, 0.05) is 11.1 Å². The lowest BCUT2D eigenvalue weighted by Crippen LogP contribution is -2.46. The summed E-state index contributed by atoms with van der Waals surface area (Å²) >= 11 is 0. The van der Waals surface area contributed by atoms with Crippen LogP contribution in [0.25, 0.3) is 12.1 Å². The number of hydrogen-bond acceptors (Lipinski definition) is 3. The van der Waals surface area contributed by atoms with Crippen LogP contribution in [0.5, 0.6) is 0 Å². The highest BCUT2D eigenvalue weighted by molar-refractivity contribution is 5.49. The van der Waals surface area contributed by atoms with E-state index in [1.165, 1.54) is 6.08 Å². The summed E-state index contributed by atoms with van der Waals surface area (Å²) in [5.41, 5.74) is 0.793. The number of imidazole rings is 1. The van der Waals surface area contributed by atoms with Crippen LogP contribution in [0.3, 0.4) is 0 Å². The molecule has 2 heterocycles. The van der Waals surface area contributed by atoms with Gasteiger partial charge in [-0.25, -0.2) is 4.98 Å². The molecule has 0 radical (unpaired) electrons. The Kier molecular flexibility index (Phi) is 3.93. The van der Waals surface area contributed by atoms with E-state index in [2.05, 4.69) is 19.9 Å². The van der Waals surface area contributed by atoms with E-state index in [1.807, 2.05) is 26.8 Å². The molecule has 0 unspecified atom stereocenters. The number of nitrogens with one attached hydrogen (secondary N) is 3. The van der Waals surface area contributed by atoms with Crippen LogP contribution in [0.15, 0.2) is 46.2 Å². The molecule has 0 amide bonds. The highest BCUT2D eigenvalue weighted by Crippen LogP contribution is 2.22. The lowest BCUT2D eigenvalue weighted by Gasteiger charge is -2.16. The monoisotopic (exact) mass is 337 g/mol. The van der Waals surface area contributed by atoms with E-state index in [4.69, 9.17) is 1.37 Å². The molecule has 25 heavy (non-hydrogen) atoms. The Morgan fingerprint density at radius 2 is 1.68 bits per heavy atom. The molecule has 3 rings (SSSR count). The van der Waals surface area contributed by atoms with Crippen molar-refractivity contribution in [2.75, 3.05) is 0 Å². The van der Waals surface area contributed by atoms with Gasteiger partial charge in [0.2, 0.25) is 0 Å². The van der Waals surface area contributed by atoms with Crippen LogP contribution in [0.4, 0.5) is 0 Å². The molecule has 6 heteroatoms. The molecule has 2 aromatic heterocycles. The molecular formula is C19H20N4O2. The molecular weight excluding hydrogens is 316 g/mol. The molecule has 0 atom stereocenters. The van der Waals surface area contributed by atoms with Crippen molar-refractivity contribution in [3.05, 3.63) is 85.0 Å². The van der Waals surface area contributed by atoms with Crippen LogP contribution in [-0.2, 0) is 5.41 Å². The van der Waals surface area contributed by atoms with Crippen LogP contribution in [-0.4, -0.2) is 19.9 Å². The predicted octanol–water partition coefficient (Wildman–Crippen LogP) is 0.741. The summed E-state index contributed by atoms with van der Waals surface area (Å²) in [6, 6.07) is 8.73. The fourth-order valence-electron chi connectivity index (χ4n) is 2.49. The Hall–Kier alpha value is -3.15.